The summed E-state index contributed by atoms with van der Waals surface area (Å²) in [7, 11) is 0. The van der Waals surface area contributed by atoms with Crippen LogP contribution in [0.4, 0.5) is 4.79 Å². The monoisotopic (exact) mass is 281 g/mol. The third-order valence-electron chi connectivity index (χ3n) is 3.17. The molecule has 0 spiro atoms. The predicted octanol–water partition coefficient (Wildman–Crippen LogP) is 2.43. The Labute approximate surface area is 119 Å². The Bertz CT molecular complexity index is 458. The van der Waals surface area contributed by atoms with E-state index in [0.717, 1.165) is 18.7 Å². The fourth-order valence-corrected chi connectivity index (χ4v) is 2.26. The average Bonchev–Trinajstić information content (AvgIpc) is 2.97. The van der Waals surface area contributed by atoms with Crippen molar-refractivity contribution in [2.75, 3.05) is 13.2 Å². The Kier molecular flexibility index (Phi) is 4.32. The summed E-state index contributed by atoms with van der Waals surface area (Å²) in [4.78, 5) is 16.0. The van der Waals surface area contributed by atoms with Gasteiger partial charge in [-0.1, -0.05) is 0 Å². The third kappa shape index (κ3) is 3.72. The maximum Gasteiger partial charge on any atom is 0.408 e. The topological polar surface area (TPSA) is 65.4 Å². The van der Waals surface area contributed by atoms with Crippen LogP contribution < -0.4 is 5.32 Å². The third-order valence-corrected chi connectivity index (χ3v) is 3.17. The highest BCUT2D eigenvalue weighted by Gasteiger charge is 2.24. The molecular weight excluding hydrogens is 258 g/mol. The van der Waals surface area contributed by atoms with E-state index in [2.05, 4.69) is 14.9 Å². The van der Waals surface area contributed by atoms with Crippen LogP contribution in [-0.4, -0.2) is 34.5 Å². The molecule has 2 rings (SSSR count). The zero-order valence-corrected chi connectivity index (χ0v) is 12.5. The zero-order chi connectivity index (χ0) is 14.8. The Balaban J connectivity index is 2.00. The average molecular weight is 281 g/mol. The van der Waals surface area contributed by atoms with Gasteiger partial charge in [0.2, 0.25) is 0 Å². The number of carbonyl (C=O) groups is 1. The smallest absolute Gasteiger partial charge is 0.408 e. The predicted molar refractivity (Wildman–Crippen MR) is 74.5 cm³/mol. The molecule has 0 aromatic carbocycles. The van der Waals surface area contributed by atoms with Gasteiger partial charge < -0.3 is 19.4 Å². The highest BCUT2D eigenvalue weighted by Crippen LogP contribution is 2.23. The number of alkyl carbamates (subject to hydrolysis) is 1. The highest BCUT2D eigenvalue weighted by molar-refractivity contribution is 5.68. The molecule has 0 bridgehead atoms. The minimum atomic E-state index is -0.497. The number of ether oxygens (including phenoxy) is 2. The van der Waals surface area contributed by atoms with Crippen LogP contribution in [0.25, 0.3) is 0 Å². The van der Waals surface area contributed by atoms with E-state index in [1.807, 2.05) is 27.7 Å². The van der Waals surface area contributed by atoms with Gasteiger partial charge in [-0.3, -0.25) is 0 Å². The molecule has 1 amide bonds. The molecule has 112 valence electrons. The molecule has 1 aromatic heterocycles. The number of nitrogens with one attached hydrogen (secondary N) is 1. The van der Waals surface area contributed by atoms with E-state index in [9.17, 15) is 4.79 Å². The molecule has 2 atom stereocenters. The largest absolute Gasteiger partial charge is 0.444 e. The molecular formula is C14H23N3O3. The number of nitrogens with zero attached hydrogens (tertiary/aromatic N) is 2. The van der Waals surface area contributed by atoms with Crippen molar-refractivity contribution in [3.63, 3.8) is 0 Å². The molecule has 1 aliphatic rings. The van der Waals surface area contributed by atoms with Crippen LogP contribution in [0.5, 0.6) is 0 Å². The maximum absolute atomic E-state index is 11.8. The van der Waals surface area contributed by atoms with Gasteiger partial charge >= 0.3 is 6.09 Å². The van der Waals surface area contributed by atoms with Crippen LogP contribution in [0.3, 0.4) is 0 Å². The Morgan fingerprint density at radius 1 is 1.60 bits per heavy atom. The summed E-state index contributed by atoms with van der Waals surface area (Å²) >= 11 is 0. The Hall–Kier alpha value is -1.56. The minimum absolute atomic E-state index is 0.159. The van der Waals surface area contributed by atoms with Crippen molar-refractivity contribution in [1.29, 1.82) is 0 Å². The fourth-order valence-electron chi connectivity index (χ4n) is 2.26. The first-order valence-electron chi connectivity index (χ1n) is 6.96. The van der Waals surface area contributed by atoms with E-state index in [-0.39, 0.29) is 6.04 Å². The van der Waals surface area contributed by atoms with Gasteiger partial charge in [-0.2, -0.15) is 0 Å². The maximum atomic E-state index is 11.8. The number of aromatic nitrogens is 2. The van der Waals surface area contributed by atoms with Gasteiger partial charge in [-0.15, -0.1) is 0 Å². The van der Waals surface area contributed by atoms with Crippen molar-refractivity contribution in [1.82, 2.24) is 14.9 Å². The van der Waals surface area contributed by atoms with E-state index >= 15 is 0 Å². The van der Waals surface area contributed by atoms with E-state index in [1.165, 1.54) is 0 Å². The zero-order valence-electron chi connectivity index (χ0n) is 12.5. The second-order valence-electron chi connectivity index (χ2n) is 6.11. The number of hydrogen-bond donors (Lipinski definition) is 1. The summed E-state index contributed by atoms with van der Waals surface area (Å²) in [6.45, 7) is 8.93. The molecule has 1 saturated heterocycles. The first-order valence-corrected chi connectivity index (χ1v) is 6.96. The number of amides is 1. The molecule has 1 aromatic rings. The van der Waals surface area contributed by atoms with E-state index in [0.29, 0.717) is 12.6 Å². The normalized spacial score (nSPS) is 20.7. The summed E-state index contributed by atoms with van der Waals surface area (Å²) < 4.78 is 12.7. The molecule has 2 heterocycles. The van der Waals surface area contributed by atoms with Gasteiger partial charge in [-0.25, -0.2) is 9.78 Å². The molecule has 1 unspecified atom stereocenters. The lowest BCUT2D eigenvalue weighted by Crippen LogP contribution is -2.34. The van der Waals surface area contributed by atoms with E-state index in [1.54, 1.807) is 12.5 Å². The molecule has 1 N–H and O–H groups in total. The molecule has 6 nitrogen and oxygen atoms in total. The highest BCUT2D eigenvalue weighted by atomic mass is 16.6. The van der Waals surface area contributed by atoms with Crippen molar-refractivity contribution in [3.05, 3.63) is 18.2 Å². The van der Waals surface area contributed by atoms with Crippen molar-refractivity contribution in [2.24, 2.45) is 0 Å². The Morgan fingerprint density at radius 2 is 2.35 bits per heavy atom. The van der Waals surface area contributed by atoms with Crippen molar-refractivity contribution >= 4 is 6.09 Å². The van der Waals surface area contributed by atoms with E-state index in [4.69, 9.17) is 9.47 Å². The van der Waals surface area contributed by atoms with Crippen LogP contribution in [0.2, 0.25) is 0 Å². The van der Waals surface area contributed by atoms with Crippen LogP contribution in [-0.2, 0) is 9.47 Å². The summed E-state index contributed by atoms with van der Waals surface area (Å²) in [5, 5.41) is 2.84. The van der Waals surface area contributed by atoms with Crippen LogP contribution >= 0.6 is 0 Å². The van der Waals surface area contributed by atoms with Crippen LogP contribution in [0.15, 0.2) is 12.5 Å². The van der Waals surface area contributed by atoms with Gasteiger partial charge in [0.05, 0.1) is 36.9 Å². The summed E-state index contributed by atoms with van der Waals surface area (Å²) in [6, 6.07) is 0.142. The Morgan fingerprint density at radius 3 is 2.95 bits per heavy atom. The molecule has 1 aliphatic heterocycles. The van der Waals surface area contributed by atoms with Gasteiger partial charge in [0, 0.05) is 6.61 Å². The first kappa shape index (κ1) is 14.8. The fraction of sp³-hybridized carbons (Fsp3) is 0.714. The van der Waals surface area contributed by atoms with Gasteiger partial charge in [0.25, 0.3) is 0 Å². The summed E-state index contributed by atoms with van der Waals surface area (Å²) in [6.07, 6.45) is 4.13. The second kappa shape index (κ2) is 5.83. The number of rotatable bonds is 3. The van der Waals surface area contributed by atoms with Gasteiger partial charge in [-0.05, 0) is 34.1 Å². The quantitative estimate of drug-likeness (QED) is 0.924. The molecule has 0 radical (unpaired) electrons. The molecule has 0 saturated carbocycles. The summed E-state index contributed by atoms with van der Waals surface area (Å²) in [5.41, 5.74) is 0.468. The molecule has 0 aliphatic carbocycles. The lowest BCUT2D eigenvalue weighted by atomic mass is 10.2. The second-order valence-corrected chi connectivity index (χ2v) is 6.11. The first-order chi connectivity index (χ1) is 9.37. The van der Waals surface area contributed by atoms with Crippen LogP contribution in [0.1, 0.15) is 51.9 Å². The lowest BCUT2D eigenvalue weighted by molar-refractivity contribution is 0.0505. The van der Waals surface area contributed by atoms with Gasteiger partial charge in [0.15, 0.2) is 0 Å². The molecule has 6 heteroatoms. The van der Waals surface area contributed by atoms with Crippen molar-refractivity contribution < 1.29 is 14.3 Å². The van der Waals surface area contributed by atoms with Crippen LogP contribution in [0, 0.1) is 0 Å². The van der Waals surface area contributed by atoms with Gasteiger partial charge in [0.1, 0.15) is 5.60 Å². The van der Waals surface area contributed by atoms with Crippen molar-refractivity contribution in [3.8, 4) is 0 Å². The number of imidazole rings is 1. The minimum Gasteiger partial charge on any atom is -0.444 e. The van der Waals surface area contributed by atoms with E-state index < -0.39 is 11.7 Å². The lowest BCUT2D eigenvalue weighted by Gasteiger charge is -2.23. The number of hydrogen-bond acceptors (Lipinski definition) is 4. The molecule has 1 fully saturated rings. The van der Waals surface area contributed by atoms with Crippen molar-refractivity contribution in [2.45, 2.75) is 51.8 Å². The SMILES string of the molecule is C[C@@H](NC(=O)OC(C)(C)C)c1cncn1C1CCOC1. The number of carbonyl (C=O) groups excluding carboxylic acids is 1. The summed E-state index contributed by atoms with van der Waals surface area (Å²) in [5.74, 6) is 0. The standard InChI is InChI=1S/C14H23N3O3/c1-10(16-13(18)20-14(2,3)4)12-7-15-9-17(12)11-5-6-19-8-11/h7,9-11H,5-6,8H2,1-4H3,(H,16,18)/t10-,11?/m1/s1. The molecule has 20 heavy (non-hydrogen) atoms.